The molecule has 0 unspecified atom stereocenters. The van der Waals surface area contributed by atoms with Crippen LogP contribution in [0.4, 0.5) is 16.2 Å². The largest absolute Gasteiger partial charge is 0.392 e. The Bertz CT molecular complexity index is 2100. The lowest BCUT2D eigenvalue weighted by atomic mass is 9.96. The first kappa shape index (κ1) is 53.4. The number of rotatable bonds is 29. The number of fused-ring (bicyclic) bond motifs is 2. The van der Waals surface area contributed by atoms with Crippen molar-refractivity contribution in [1.29, 1.82) is 0 Å². The average Bonchev–Trinajstić information content (AvgIpc) is 3.31. The van der Waals surface area contributed by atoms with Crippen molar-refractivity contribution < 1.29 is 52.8 Å². The summed E-state index contributed by atoms with van der Waals surface area (Å²) < 4.78 is 22.2. The van der Waals surface area contributed by atoms with Gasteiger partial charge in [-0.1, -0.05) is 74.5 Å². The molecule has 1 aliphatic heterocycles. The van der Waals surface area contributed by atoms with Crippen molar-refractivity contribution in [3.8, 4) is 0 Å². The number of nitrogens with zero attached hydrogens (tertiary/aromatic N) is 1. The Balaban J connectivity index is 1.02. The molecular weight excluding hydrogens is 863 g/mol. The first-order valence-electron chi connectivity index (χ1n) is 22.7. The number of aliphatic hydroxyl groups excluding tert-OH is 1. The third kappa shape index (κ3) is 19.3. The van der Waals surface area contributed by atoms with Crippen LogP contribution in [0, 0.1) is 5.92 Å². The van der Waals surface area contributed by atoms with Gasteiger partial charge in [0.25, 0.3) is 0 Å². The van der Waals surface area contributed by atoms with Gasteiger partial charge in [0.05, 0.1) is 71.7 Å². The third-order valence-electron chi connectivity index (χ3n) is 10.7. The van der Waals surface area contributed by atoms with Crippen molar-refractivity contribution in [2.24, 2.45) is 11.7 Å². The predicted octanol–water partition coefficient (Wildman–Crippen LogP) is 3.65. The van der Waals surface area contributed by atoms with Crippen LogP contribution in [0.15, 0.2) is 72.8 Å². The molecule has 0 aliphatic carbocycles. The summed E-state index contributed by atoms with van der Waals surface area (Å²) >= 11 is 0. The van der Waals surface area contributed by atoms with Crippen LogP contribution in [0.2, 0.25) is 0 Å². The van der Waals surface area contributed by atoms with Crippen LogP contribution in [0.3, 0.4) is 0 Å². The van der Waals surface area contributed by atoms with Crippen LogP contribution in [-0.4, -0.2) is 119 Å². The van der Waals surface area contributed by atoms with E-state index in [4.69, 9.17) is 24.7 Å². The SMILES string of the molecule is C/C1=C/c2ccccc2CN(C(=O)CCC(=O)NCCOCCOCCOCCOCCC(=O)N[C@H](C(=O)N[C@@H](CCCNC(N)=O)C(=O)Nc2ccc(CO)cc2)C(C)C)c2ccccc21. The number of nitrogens with one attached hydrogen (secondary N) is 5. The van der Waals surface area contributed by atoms with E-state index in [2.05, 4.69) is 32.7 Å². The van der Waals surface area contributed by atoms with Crippen molar-refractivity contribution in [3.63, 3.8) is 0 Å². The van der Waals surface area contributed by atoms with Crippen molar-refractivity contribution in [2.75, 3.05) is 76.2 Å². The number of primary amides is 1. The van der Waals surface area contributed by atoms with Gasteiger partial charge in [-0.05, 0) is 66.1 Å². The zero-order valence-corrected chi connectivity index (χ0v) is 38.8. The van der Waals surface area contributed by atoms with Crippen molar-refractivity contribution in [2.45, 2.75) is 78.1 Å². The Morgan fingerprint density at radius 2 is 1.34 bits per heavy atom. The van der Waals surface area contributed by atoms with E-state index < -0.39 is 35.8 Å². The highest BCUT2D eigenvalue weighted by molar-refractivity contribution is 6.00. The van der Waals surface area contributed by atoms with E-state index in [0.717, 1.165) is 28.0 Å². The molecule has 0 bridgehead atoms. The van der Waals surface area contributed by atoms with Crippen molar-refractivity contribution in [3.05, 3.63) is 95.1 Å². The third-order valence-corrected chi connectivity index (χ3v) is 10.7. The summed E-state index contributed by atoms with van der Waals surface area (Å²) in [6, 6.07) is 19.8. The highest BCUT2D eigenvalue weighted by atomic mass is 16.6. The molecule has 3 aromatic rings. The van der Waals surface area contributed by atoms with Gasteiger partial charge in [-0.2, -0.15) is 0 Å². The van der Waals surface area contributed by atoms with Gasteiger partial charge in [0, 0.05) is 43.6 Å². The monoisotopic (exact) mass is 929 g/mol. The standard InChI is InChI=1S/C49H67N7O11/c1-34(2)46(48(62)54-41(12-8-21-52-49(50)63)47(61)53-39-16-14-36(33-57)15-17-39)55-44(59)20-23-64-25-27-66-29-30-67-28-26-65-24-22-51-43(58)18-19-45(60)56-32-38-10-5-4-9-37(38)31-35(3)40-11-6-7-13-42(40)56/h4-7,9-11,13-17,31,34,41,46,57H,8,12,18-30,32-33H2,1-3H3,(H,51,58)(H,53,61)(H,54,62)(H,55,59)(H3,50,52,63)/b35-31-/t41-,46-/m0/s1. The Morgan fingerprint density at radius 3 is 2.01 bits per heavy atom. The van der Waals surface area contributed by atoms with Crippen LogP contribution in [0.25, 0.3) is 11.6 Å². The smallest absolute Gasteiger partial charge is 0.312 e. The van der Waals surface area contributed by atoms with Gasteiger partial charge in [0.2, 0.25) is 29.5 Å². The second-order valence-corrected chi connectivity index (χ2v) is 16.2. The molecule has 18 heteroatoms. The Kier molecular flexibility index (Phi) is 23.5. The number of carbonyl (C=O) groups excluding carboxylic acids is 6. The average molecular weight is 930 g/mol. The summed E-state index contributed by atoms with van der Waals surface area (Å²) in [7, 11) is 0. The summed E-state index contributed by atoms with van der Waals surface area (Å²) in [5.74, 6) is -2.08. The summed E-state index contributed by atoms with van der Waals surface area (Å²) in [5, 5.41) is 22.8. The summed E-state index contributed by atoms with van der Waals surface area (Å²) in [6.07, 6.45) is 2.81. The lowest BCUT2D eigenvalue weighted by Gasteiger charge is -2.28. The van der Waals surface area contributed by atoms with Gasteiger partial charge in [-0.25, -0.2) is 4.79 Å². The minimum Gasteiger partial charge on any atom is -0.392 e. The fourth-order valence-corrected chi connectivity index (χ4v) is 7.04. The van der Waals surface area contributed by atoms with Crippen molar-refractivity contribution in [1.82, 2.24) is 21.3 Å². The van der Waals surface area contributed by atoms with Gasteiger partial charge in [0.1, 0.15) is 12.1 Å². The number of amides is 7. The number of ether oxygens (including phenoxy) is 4. The van der Waals surface area contributed by atoms with Crippen LogP contribution in [-0.2, 0) is 56.1 Å². The van der Waals surface area contributed by atoms with E-state index >= 15 is 0 Å². The molecule has 8 N–H and O–H groups in total. The minimum absolute atomic E-state index is 0.00253. The predicted molar refractivity (Wildman–Crippen MR) is 254 cm³/mol. The van der Waals surface area contributed by atoms with E-state index in [1.165, 1.54) is 0 Å². The molecule has 0 saturated heterocycles. The van der Waals surface area contributed by atoms with E-state index in [-0.39, 0.29) is 76.4 Å². The number of urea groups is 1. The maximum absolute atomic E-state index is 13.5. The number of carbonyl (C=O) groups is 6. The number of benzene rings is 3. The zero-order valence-electron chi connectivity index (χ0n) is 38.8. The van der Waals surface area contributed by atoms with Crippen molar-refractivity contribution >= 4 is 58.6 Å². The molecule has 0 spiro atoms. The molecule has 0 saturated carbocycles. The number of para-hydroxylation sites is 1. The Hall–Kier alpha value is -6.18. The van der Waals surface area contributed by atoms with Crippen LogP contribution in [0.1, 0.15) is 75.1 Å². The molecular formula is C49H67N7O11. The number of hydrogen-bond acceptors (Lipinski definition) is 11. The zero-order chi connectivity index (χ0) is 48.4. The molecule has 4 rings (SSSR count). The lowest BCUT2D eigenvalue weighted by Crippen LogP contribution is -2.54. The molecule has 0 aromatic heterocycles. The van der Waals surface area contributed by atoms with Gasteiger partial charge in [-0.15, -0.1) is 0 Å². The molecule has 0 fully saturated rings. The molecule has 3 aromatic carbocycles. The maximum Gasteiger partial charge on any atom is 0.312 e. The Morgan fingerprint density at radius 1 is 0.701 bits per heavy atom. The van der Waals surface area contributed by atoms with Gasteiger partial charge >= 0.3 is 6.03 Å². The molecule has 7 amide bonds. The summed E-state index contributed by atoms with van der Waals surface area (Å²) in [4.78, 5) is 78.3. The maximum atomic E-state index is 13.5. The second-order valence-electron chi connectivity index (χ2n) is 16.2. The van der Waals surface area contributed by atoms with E-state index in [1.807, 2.05) is 55.5 Å². The van der Waals surface area contributed by atoms with Gasteiger partial charge in [-0.3, -0.25) is 24.0 Å². The van der Waals surface area contributed by atoms with Crippen LogP contribution in [0.5, 0.6) is 0 Å². The fourth-order valence-electron chi connectivity index (χ4n) is 7.04. The van der Waals surface area contributed by atoms with Crippen LogP contribution < -0.4 is 37.2 Å². The number of hydrogen-bond donors (Lipinski definition) is 7. The van der Waals surface area contributed by atoms with E-state index in [1.54, 1.807) is 43.0 Å². The number of anilines is 2. The van der Waals surface area contributed by atoms with E-state index in [9.17, 15) is 33.9 Å². The normalized spacial score (nSPS) is 13.7. The molecule has 18 nitrogen and oxygen atoms in total. The Labute approximate surface area is 392 Å². The molecule has 1 aliphatic rings. The summed E-state index contributed by atoms with van der Waals surface area (Å²) in [5.41, 5.74) is 11.3. The summed E-state index contributed by atoms with van der Waals surface area (Å²) in [6.45, 7) is 8.61. The molecule has 1 heterocycles. The molecule has 0 radical (unpaired) electrons. The molecule has 2 atom stereocenters. The van der Waals surface area contributed by atoms with Gasteiger partial charge in [0.15, 0.2) is 0 Å². The van der Waals surface area contributed by atoms with Crippen LogP contribution >= 0.6 is 0 Å². The van der Waals surface area contributed by atoms with Gasteiger partial charge < -0.3 is 61.3 Å². The molecule has 67 heavy (non-hydrogen) atoms. The highest BCUT2D eigenvalue weighted by Gasteiger charge is 2.29. The quantitative estimate of drug-likeness (QED) is 0.0495. The topological polar surface area (TPSA) is 249 Å². The second kappa shape index (κ2) is 29.5. The number of aliphatic hydroxyl groups is 1. The number of nitrogens with two attached hydrogens (primary N) is 1. The molecule has 364 valence electrons. The fraction of sp³-hybridized carbons (Fsp3) is 0.469. The number of allylic oxidation sites excluding steroid dienone is 1. The minimum atomic E-state index is -0.981. The van der Waals surface area contributed by atoms with E-state index in [0.29, 0.717) is 63.8 Å². The lowest BCUT2D eigenvalue weighted by molar-refractivity contribution is -0.132. The first-order chi connectivity index (χ1) is 32.4. The highest BCUT2D eigenvalue weighted by Crippen LogP contribution is 2.33. The first-order valence-corrected chi connectivity index (χ1v) is 22.7.